The molecule has 166 valence electrons. The largest absolute Gasteiger partial charge is 0.488 e. The van der Waals surface area contributed by atoms with E-state index in [2.05, 4.69) is 82.3 Å². The summed E-state index contributed by atoms with van der Waals surface area (Å²) in [5, 5.41) is 2.57. The molecule has 0 saturated carbocycles. The van der Waals surface area contributed by atoms with Gasteiger partial charge in [0, 0.05) is 16.6 Å². The predicted octanol–water partition coefficient (Wildman–Crippen LogP) is 6.96. The molecule has 1 unspecified atom stereocenters. The van der Waals surface area contributed by atoms with Gasteiger partial charge in [-0.2, -0.15) is 0 Å². The Labute approximate surface area is 199 Å². The monoisotopic (exact) mass is 451 g/mol. The summed E-state index contributed by atoms with van der Waals surface area (Å²) >= 11 is 0. The van der Waals surface area contributed by atoms with E-state index in [-0.39, 0.29) is 0 Å². The average Bonchev–Trinajstić information content (AvgIpc) is 2.81. The third kappa shape index (κ3) is 5.78. The van der Waals surface area contributed by atoms with E-state index in [0.29, 0.717) is 15.2 Å². The maximum Gasteiger partial charge on any atom is 0.130 e. The van der Waals surface area contributed by atoms with Crippen LogP contribution in [0.25, 0.3) is 0 Å². The number of nitrogens with zero attached hydrogens (tertiary/aromatic N) is 1. The molecular weight excluding hydrogens is 421 g/mol. The van der Waals surface area contributed by atoms with Crippen LogP contribution in [0.2, 0.25) is 0 Å². The lowest BCUT2D eigenvalue weighted by Crippen LogP contribution is -2.18. The number of para-hydroxylation sites is 1. The fourth-order valence-corrected chi connectivity index (χ4v) is 5.63. The first-order chi connectivity index (χ1) is 16.0. The third-order valence-corrected chi connectivity index (χ3v) is 7.17. The molecule has 0 radical (unpaired) electrons. The normalized spacial score (nSPS) is 11.8. The van der Waals surface area contributed by atoms with Crippen LogP contribution in [0, 0.1) is 20.8 Å². The number of ether oxygens (including phenoxy) is 1. The standard InChI is InChI=1S/C30H30NOP/c1-21-18-23(3)29(32-20-25-13-7-5-8-14-25)28(19-21)33-30-22(2)12-11-17-27(30)24(4)31-26-15-9-6-10-16-26/h5-19,33H,20H2,1-4H3. The van der Waals surface area contributed by atoms with Crippen molar-refractivity contribution in [2.24, 2.45) is 4.99 Å². The zero-order valence-corrected chi connectivity index (χ0v) is 20.7. The van der Waals surface area contributed by atoms with Crippen LogP contribution >= 0.6 is 8.58 Å². The second-order valence-corrected chi connectivity index (χ2v) is 9.68. The van der Waals surface area contributed by atoms with Gasteiger partial charge in [0.2, 0.25) is 0 Å². The first kappa shape index (κ1) is 23.0. The molecule has 0 aromatic heterocycles. The van der Waals surface area contributed by atoms with Gasteiger partial charge in [0.05, 0.1) is 5.69 Å². The molecule has 0 bridgehead atoms. The zero-order valence-electron chi connectivity index (χ0n) is 19.7. The molecule has 4 rings (SSSR count). The number of hydrogen-bond donors (Lipinski definition) is 0. The van der Waals surface area contributed by atoms with Gasteiger partial charge in [-0.1, -0.05) is 81.4 Å². The number of aliphatic imine (C=N–C) groups is 1. The lowest BCUT2D eigenvalue weighted by molar-refractivity contribution is 0.307. The molecule has 3 heteroatoms. The second kappa shape index (κ2) is 10.6. The molecule has 33 heavy (non-hydrogen) atoms. The van der Waals surface area contributed by atoms with E-state index in [1.807, 2.05) is 36.4 Å². The maximum atomic E-state index is 6.39. The Bertz CT molecular complexity index is 1260. The van der Waals surface area contributed by atoms with Gasteiger partial charge >= 0.3 is 0 Å². The number of aryl methyl sites for hydroxylation is 3. The quantitative estimate of drug-likeness (QED) is 0.220. The summed E-state index contributed by atoms with van der Waals surface area (Å²) in [5.74, 6) is 0.995. The van der Waals surface area contributed by atoms with Crippen molar-refractivity contribution in [3.05, 3.63) is 119 Å². The molecule has 0 N–H and O–H groups in total. The Balaban J connectivity index is 1.70. The van der Waals surface area contributed by atoms with Crippen molar-refractivity contribution in [1.82, 2.24) is 0 Å². The molecule has 2 nitrogen and oxygen atoms in total. The Kier molecular flexibility index (Phi) is 7.37. The summed E-state index contributed by atoms with van der Waals surface area (Å²) in [6, 6.07) is 31.5. The highest BCUT2D eigenvalue weighted by atomic mass is 31.1. The molecule has 0 heterocycles. The van der Waals surface area contributed by atoms with Crippen LogP contribution in [0.5, 0.6) is 5.75 Å². The van der Waals surface area contributed by atoms with Gasteiger partial charge in [0.25, 0.3) is 0 Å². The molecule has 0 amide bonds. The smallest absolute Gasteiger partial charge is 0.130 e. The molecule has 4 aromatic carbocycles. The topological polar surface area (TPSA) is 21.6 Å². The first-order valence-electron chi connectivity index (χ1n) is 11.3. The van der Waals surface area contributed by atoms with Crippen LogP contribution in [-0.2, 0) is 6.61 Å². The van der Waals surface area contributed by atoms with E-state index in [4.69, 9.17) is 9.73 Å². The van der Waals surface area contributed by atoms with Gasteiger partial charge in [-0.25, -0.2) is 0 Å². The Morgan fingerprint density at radius 2 is 1.48 bits per heavy atom. The van der Waals surface area contributed by atoms with E-state index in [1.54, 1.807) is 0 Å². The predicted molar refractivity (Wildman–Crippen MR) is 144 cm³/mol. The van der Waals surface area contributed by atoms with E-state index < -0.39 is 0 Å². The highest BCUT2D eigenvalue weighted by molar-refractivity contribution is 7.56. The van der Waals surface area contributed by atoms with Gasteiger partial charge < -0.3 is 4.74 Å². The fraction of sp³-hybridized carbons (Fsp3) is 0.167. The van der Waals surface area contributed by atoms with Gasteiger partial charge in [0.1, 0.15) is 12.4 Å². The first-order valence-corrected chi connectivity index (χ1v) is 12.3. The number of rotatable bonds is 7. The van der Waals surface area contributed by atoms with Crippen molar-refractivity contribution >= 4 is 30.6 Å². The summed E-state index contributed by atoms with van der Waals surface area (Å²) in [6.07, 6.45) is 0. The van der Waals surface area contributed by atoms with Crippen LogP contribution < -0.4 is 15.3 Å². The van der Waals surface area contributed by atoms with E-state index in [9.17, 15) is 0 Å². The summed E-state index contributed by atoms with van der Waals surface area (Å²) in [7, 11) is 0.481. The van der Waals surface area contributed by atoms with Crippen molar-refractivity contribution in [3.8, 4) is 5.75 Å². The van der Waals surface area contributed by atoms with Gasteiger partial charge in [-0.15, -0.1) is 0 Å². The van der Waals surface area contributed by atoms with Crippen LogP contribution in [0.15, 0.2) is 96.0 Å². The van der Waals surface area contributed by atoms with Crippen molar-refractivity contribution in [1.29, 1.82) is 0 Å². The lowest BCUT2D eigenvalue weighted by atomic mass is 10.1. The van der Waals surface area contributed by atoms with Crippen molar-refractivity contribution < 1.29 is 4.74 Å². The molecule has 1 atom stereocenters. The van der Waals surface area contributed by atoms with Crippen molar-refractivity contribution in [2.45, 2.75) is 34.3 Å². The maximum absolute atomic E-state index is 6.39. The Morgan fingerprint density at radius 3 is 2.21 bits per heavy atom. The minimum absolute atomic E-state index is 0.481. The third-order valence-electron chi connectivity index (χ3n) is 5.62. The summed E-state index contributed by atoms with van der Waals surface area (Å²) in [6.45, 7) is 9.15. The van der Waals surface area contributed by atoms with Gasteiger partial charge in [0.15, 0.2) is 0 Å². The highest BCUT2D eigenvalue weighted by Gasteiger charge is 2.15. The van der Waals surface area contributed by atoms with E-state index in [1.165, 1.54) is 38.4 Å². The molecule has 0 spiro atoms. The van der Waals surface area contributed by atoms with Gasteiger partial charge in [-0.3, -0.25) is 4.99 Å². The van der Waals surface area contributed by atoms with Crippen molar-refractivity contribution in [2.75, 3.05) is 0 Å². The fourth-order valence-electron chi connectivity index (χ4n) is 3.99. The molecule has 0 saturated heterocycles. The molecule has 0 aliphatic carbocycles. The molecule has 0 aliphatic rings. The number of hydrogen-bond acceptors (Lipinski definition) is 2. The van der Waals surface area contributed by atoms with Crippen LogP contribution in [0.3, 0.4) is 0 Å². The van der Waals surface area contributed by atoms with E-state index >= 15 is 0 Å². The lowest BCUT2D eigenvalue weighted by Gasteiger charge is -2.18. The van der Waals surface area contributed by atoms with Crippen molar-refractivity contribution in [3.63, 3.8) is 0 Å². The molecule has 4 aromatic rings. The zero-order chi connectivity index (χ0) is 23.2. The number of benzene rings is 4. The van der Waals surface area contributed by atoms with Crippen LogP contribution in [-0.4, -0.2) is 5.71 Å². The highest BCUT2D eigenvalue weighted by Crippen LogP contribution is 2.28. The van der Waals surface area contributed by atoms with Crippen LogP contribution in [0.4, 0.5) is 5.69 Å². The molecule has 0 fully saturated rings. The van der Waals surface area contributed by atoms with Gasteiger partial charge in [-0.05, 0) is 73.5 Å². The second-order valence-electron chi connectivity index (χ2n) is 8.39. The van der Waals surface area contributed by atoms with E-state index in [0.717, 1.165) is 17.1 Å². The Hall–Kier alpha value is -3.22. The Morgan fingerprint density at radius 1 is 0.788 bits per heavy atom. The average molecular weight is 452 g/mol. The van der Waals surface area contributed by atoms with Crippen LogP contribution in [0.1, 0.15) is 34.7 Å². The minimum atomic E-state index is 0.481. The molecular formula is C30H30NOP. The minimum Gasteiger partial charge on any atom is -0.488 e. The molecule has 0 aliphatic heterocycles. The summed E-state index contributed by atoms with van der Waals surface area (Å²) in [5.41, 5.74) is 8.10. The summed E-state index contributed by atoms with van der Waals surface area (Å²) in [4.78, 5) is 4.90. The SMILES string of the molecule is CC(=Nc1ccccc1)c1cccc(C)c1Pc1cc(C)cc(C)c1OCc1ccccc1. The summed E-state index contributed by atoms with van der Waals surface area (Å²) < 4.78 is 6.39.